The van der Waals surface area contributed by atoms with Crippen molar-refractivity contribution in [3.63, 3.8) is 0 Å². The number of aliphatic imine (C=N–C) groups is 1. The molecule has 0 bridgehead atoms. The van der Waals surface area contributed by atoms with Gasteiger partial charge in [0.2, 0.25) is 6.79 Å². The van der Waals surface area contributed by atoms with E-state index >= 15 is 0 Å². The molecule has 0 saturated carbocycles. The van der Waals surface area contributed by atoms with E-state index in [2.05, 4.69) is 18.2 Å². The van der Waals surface area contributed by atoms with E-state index in [9.17, 15) is 0 Å². The molecule has 0 fully saturated rings. The lowest BCUT2D eigenvalue weighted by molar-refractivity contribution is 0.174. The minimum absolute atomic E-state index is 0.308. The van der Waals surface area contributed by atoms with Gasteiger partial charge in [0, 0.05) is 6.21 Å². The van der Waals surface area contributed by atoms with E-state index in [-0.39, 0.29) is 0 Å². The highest BCUT2D eigenvalue weighted by Gasteiger charge is 2.13. The maximum atomic E-state index is 5.40. The maximum Gasteiger partial charge on any atom is 0.231 e. The highest BCUT2D eigenvalue weighted by molar-refractivity contribution is 5.83. The standard InChI is InChI=1S/C18H17NO2/c1-2-6-15-14(4-1)5-3-7-16(15)19-11-13-8-9-17-18(10-13)21-12-20-17/h3,5,7-11H,1-2,4,6,12H2. The van der Waals surface area contributed by atoms with Gasteiger partial charge < -0.3 is 9.47 Å². The molecule has 0 N–H and O–H groups in total. The molecular weight excluding hydrogens is 262 g/mol. The molecule has 2 aromatic carbocycles. The summed E-state index contributed by atoms with van der Waals surface area (Å²) in [6.45, 7) is 0.308. The van der Waals surface area contributed by atoms with Gasteiger partial charge in [0.05, 0.1) is 5.69 Å². The average Bonchev–Trinajstić information content (AvgIpc) is 3.00. The first-order valence-corrected chi connectivity index (χ1v) is 7.45. The average molecular weight is 279 g/mol. The van der Waals surface area contributed by atoms with Crippen LogP contribution in [0.2, 0.25) is 0 Å². The smallest absolute Gasteiger partial charge is 0.231 e. The van der Waals surface area contributed by atoms with Crippen LogP contribution in [-0.2, 0) is 12.8 Å². The second-order valence-electron chi connectivity index (χ2n) is 5.49. The molecule has 106 valence electrons. The Bertz CT molecular complexity index is 706. The van der Waals surface area contributed by atoms with Crippen molar-refractivity contribution in [1.29, 1.82) is 0 Å². The van der Waals surface area contributed by atoms with E-state index < -0.39 is 0 Å². The molecule has 3 nitrogen and oxygen atoms in total. The van der Waals surface area contributed by atoms with E-state index in [1.807, 2.05) is 24.4 Å². The predicted octanol–water partition coefficient (Wildman–Crippen LogP) is 4.04. The van der Waals surface area contributed by atoms with Crippen molar-refractivity contribution in [1.82, 2.24) is 0 Å². The van der Waals surface area contributed by atoms with Crippen molar-refractivity contribution in [2.75, 3.05) is 6.79 Å². The highest BCUT2D eigenvalue weighted by atomic mass is 16.7. The Morgan fingerprint density at radius 1 is 0.952 bits per heavy atom. The van der Waals surface area contributed by atoms with Gasteiger partial charge in [0.25, 0.3) is 0 Å². The zero-order valence-corrected chi connectivity index (χ0v) is 11.8. The van der Waals surface area contributed by atoms with Crippen LogP contribution in [0.3, 0.4) is 0 Å². The summed E-state index contributed by atoms with van der Waals surface area (Å²) in [4.78, 5) is 4.69. The Morgan fingerprint density at radius 2 is 1.86 bits per heavy atom. The van der Waals surface area contributed by atoms with Crippen LogP contribution in [0.1, 0.15) is 29.5 Å². The van der Waals surface area contributed by atoms with Crippen molar-refractivity contribution >= 4 is 11.9 Å². The van der Waals surface area contributed by atoms with Crippen LogP contribution in [-0.4, -0.2) is 13.0 Å². The largest absolute Gasteiger partial charge is 0.454 e. The lowest BCUT2D eigenvalue weighted by Crippen LogP contribution is -2.02. The van der Waals surface area contributed by atoms with E-state index in [0.717, 1.165) is 29.2 Å². The van der Waals surface area contributed by atoms with Crippen LogP contribution in [0.25, 0.3) is 0 Å². The third-order valence-corrected chi connectivity index (χ3v) is 4.12. The van der Waals surface area contributed by atoms with Crippen LogP contribution < -0.4 is 9.47 Å². The van der Waals surface area contributed by atoms with Gasteiger partial charge in [-0.05, 0) is 66.6 Å². The summed E-state index contributed by atoms with van der Waals surface area (Å²) >= 11 is 0. The molecule has 0 spiro atoms. The Balaban J connectivity index is 1.64. The number of hydrogen-bond acceptors (Lipinski definition) is 3. The van der Waals surface area contributed by atoms with Crippen LogP contribution in [0.4, 0.5) is 5.69 Å². The van der Waals surface area contributed by atoms with Crippen molar-refractivity contribution in [3.8, 4) is 11.5 Å². The third kappa shape index (κ3) is 2.40. The van der Waals surface area contributed by atoms with E-state index in [0.29, 0.717) is 6.79 Å². The predicted molar refractivity (Wildman–Crippen MR) is 82.9 cm³/mol. The van der Waals surface area contributed by atoms with Gasteiger partial charge in [-0.1, -0.05) is 12.1 Å². The minimum Gasteiger partial charge on any atom is -0.454 e. The molecule has 1 heterocycles. The molecule has 0 amide bonds. The number of hydrogen-bond donors (Lipinski definition) is 0. The Labute approximate surface area is 124 Å². The molecule has 0 saturated heterocycles. The molecule has 1 aliphatic heterocycles. The van der Waals surface area contributed by atoms with Crippen LogP contribution in [0.15, 0.2) is 41.4 Å². The molecular formula is C18H17NO2. The van der Waals surface area contributed by atoms with Crippen LogP contribution >= 0.6 is 0 Å². The highest BCUT2D eigenvalue weighted by Crippen LogP contribution is 2.33. The molecule has 0 unspecified atom stereocenters. The first kappa shape index (κ1) is 12.5. The zero-order chi connectivity index (χ0) is 14.1. The number of nitrogens with zero attached hydrogens (tertiary/aromatic N) is 1. The molecule has 0 aromatic heterocycles. The molecule has 21 heavy (non-hydrogen) atoms. The Kier molecular flexibility index (Phi) is 3.11. The third-order valence-electron chi connectivity index (χ3n) is 4.12. The fraction of sp³-hybridized carbons (Fsp3) is 0.278. The van der Waals surface area contributed by atoms with Gasteiger partial charge in [-0.15, -0.1) is 0 Å². The molecule has 2 aromatic rings. The fourth-order valence-electron chi connectivity index (χ4n) is 3.02. The number of rotatable bonds is 2. The van der Waals surface area contributed by atoms with Crippen LogP contribution in [0.5, 0.6) is 11.5 Å². The van der Waals surface area contributed by atoms with Gasteiger partial charge in [-0.2, -0.15) is 0 Å². The quantitative estimate of drug-likeness (QED) is 0.777. The first-order chi connectivity index (χ1) is 10.4. The zero-order valence-electron chi connectivity index (χ0n) is 11.8. The van der Waals surface area contributed by atoms with Crippen LogP contribution in [0, 0.1) is 0 Å². The SMILES string of the molecule is C(=Nc1cccc2c1CCCC2)c1ccc2c(c1)OCO2. The lowest BCUT2D eigenvalue weighted by atomic mass is 9.90. The summed E-state index contributed by atoms with van der Waals surface area (Å²) in [5, 5.41) is 0. The van der Waals surface area contributed by atoms with Gasteiger partial charge in [-0.25, -0.2) is 0 Å². The van der Waals surface area contributed by atoms with Crippen molar-refractivity contribution < 1.29 is 9.47 Å². The summed E-state index contributed by atoms with van der Waals surface area (Å²) in [5.74, 6) is 1.61. The number of benzene rings is 2. The second-order valence-corrected chi connectivity index (χ2v) is 5.49. The molecule has 0 atom stereocenters. The van der Waals surface area contributed by atoms with E-state index in [1.165, 1.54) is 30.4 Å². The van der Waals surface area contributed by atoms with E-state index in [4.69, 9.17) is 14.5 Å². The van der Waals surface area contributed by atoms with Gasteiger partial charge in [0.1, 0.15) is 0 Å². The molecule has 1 aliphatic carbocycles. The minimum atomic E-state index is 0.308. The summed E-state index contributed by atoms with van der Waals surface area (Å²) in [5.41, 5.74) is 5.01. The summed E-state index contributed by atoms with van der Waals surface area (Å²) < 4.78 is 10.7. The monoisotopic (exact) mass is 279 g/mol. The van der Waals surface area contributed by atoms with Gasteiger partial charge in [-0.3, -0.25) is 4.99 Å². The summed E-state index contributed by atoms with van der Waals surface area (Å²) in [6.07, 6.45) is 6.80. The summed E-state index contributed by atoms with van der Waals surface area (Å²) in [6, 6.07) is 12.4. The summed E-state index contributed by atoms with van der Waals surface area (Å²) in [7, 11) is 0. The maximum absolute atomic E-state index is 5.40. The lowest BCUT2D eigenvalue weighted by Gasteiger charge is -2.17. The second kappa shape index (κ2) is 5.24. The van der Waals surface area contributed by atoms with Crippen molar-refractivity contribution in [2.24, 2.45) is 4.99 Å². The normalized spacial score (nSPS) is 16.2. The van der Waals surface area contributed by atoms with Crippen molar-refractivity contribution in [2.45, 2.75) is 25.7 Å². The molecule has 3 heteroatoms. The van der Waals surface area contributed by atoms with Gasteiger partial charge >= 0.3 is 0 Å². The van der Waals surface area contributed by atoms with Gasteiger partial charge in [0.15, 0.2) is 11.5 Å². The molecule has 0 radical (unpaired) electrons. The number of ether oxygens (including phenoxy) is 2. The number of fused-ring (bicyclic) bond motifs is 2. The molecule has 4 rings (SSSR count). The first-order valence-electron chi connectivity index (χ1n) is 7.45. The Morgan fingerprint density at radius 3 is 2.86 bits per heavy atom. The van der Waals surface area contributed by atoms with Crippen molar-refractivity contribution in [3.05, 3.63) is 53.1 Å². The Hall–Kier alpha value is -2.29. The fourth-order valence-corrected chi connectivity index (χ4v) is 3.02. The molecule has 2 aliphatic rings. The number of aryl methyl sites for hydroxylation is 1. The topological polar surface area (TPSA) is 30.8 Å². The van der Waals surface area contributed by atoms with E-state index in [1.54, 1.807) is 0 Å².